The van der Waals surface area contributed by atoms with Gasteiger partial charge in [0.15, 0.2) is 0 Å². The van der Waals surface area contributed by atoms with Gasteiger partial charge in [-0.2, -0.15) is 0 Å². The largest absolute Gasteiger partial charge is 0.382 e. The lowest BCUT2D eigenvalue weighted by molar-refractivity contribution is 0.0616. The Morgan fingerprint density at radius 3 is 1.17 bits per heavy atom. The Bertz CT molecular complexity index is 1710. The number of anilines is 3. The van der Waals surface area contributed by atoms with Crippen molar-refractivity contribution in [1.29, 1.82) is 0 Å². The number of rotatable bonds is 21. The van der Waals surface area contributed by atoms with Crippen LogP contribution in [0.2, 0.25) is 0 Å². The highest BCUT2D eigenvalue weighted by molar-refractivity contribution is 5.92. The van der Waals surface area contributed by atoms with Crippen molar-refractivity contribution in [3.05, 3.63) is 160 Å². The predicted molar refractivity (Wildman–Crippen MR) is 210 cm³/mol. The SMILES string of the molecule is COCCOCc1ccc(/C(=C/c2ccc(N(c3ccc(COCCOC)cc3)c3ccc(COCCOC)cc3)cc2)c2ccc(C)cc2)cc1. The van der Waals surface area contributed by atoms with Crippen molar-refractivity contribution >= 4 is 28.7 Å². The van der Waals surface area contributed by atoms with Crippen molar-refractivity contribution in [2.24, 2.45) is 0 Å². The van der Waals surface area contributed by atoms with Crippen LogP contribution in [-0.4, -0.2) is 61.0 Å². The molecule has 0 bridgehead atoms. The minimum atomic E-state index is 0.538. The van der Waals surface area contributed by atoms with E-state index in [-0.39, 0.29) is 0 Å². The van der Waals surface area contributed by atoms with E-state index in [1.807, 2.05) is 0 Å². The molecule has 52 heavy (non-hydrogen) atoms. The number of methoxy groups -OCH3 is 3. The fourth-order valence-corrected chi connectivity index (χ4v) is 5.66. The summed E-state index contributed by atoms with van der Waals surface area (Å²) in [4.78, 5) is 2.27. The molecule has 0 aliphatic rings. The molecule has 7 nitrogen and oxygen atoms in total. The van der Waals surface area contributed by atoms with E-state index in [1.54, 1.807) is 21.3 Å². The van der Waals surface area contributed by atoms with Crippen molar-refractivity contribution in [3.8, 4) is 0 Å². The lowest BCUT2D eigenvalue weighted by atomic mass is 9.94. The van der Waals surface area contributed by atoms with Crippen LogP contribution in [0.25, 0.3) is 11.6 Å². The summed E-state index contributed by atoms with van der Waals surface area (Å²) in [6, 6.07) is 43.1. The van der Waals surface area contributed by atoms with E-state index >= 15 is 0 Å². The van der Waals surface area contributed by atoms with E-state index in [9.17, 15) is 0 Å². The van der Waals surface area contributed by atoms with Gasteiger partial charge in [-0.25, -0.2) is 0 Å². The first-order valence-corrected chi connectivity index (χ1v) is 17.7. The van der Waals surface area contributed by atoms with E-state index in [0.717, 1.165) is 56.0 Å². The Morgan fingerprint density at radius 1 is 0.442 bits per heavy atom. The average molecular weight is 702 g/mol. The van der Waals surface area contributed by atoms with E-state index in [4.69, 9.17) is 28.4 Å². The normalized spacial score (nSPS) is 11.6. The van der Waals surface area contributed by atoms with Crippen LogP contribution >= 0.6 is 0 Å². The molecule has 5 aromatic rings. The summed E-state index contributed by atoms with van der Waals surface area (Å²) in [5.41, 5.74) is 12.3. The van der Waals surface area contributed by atoms with Crippen LogP contribution in [0.15, 0.2) is 121 Å². The standard InChI is InChI=1S/C45H51NO6/c1-35-5-15-40(16-6-35)45(41-17-7-37(8-18-41)32-50-28-25-47-2)31-36-9-19-42(20-10-36)46(43-21-11-38(12-22-43)33-51-29-26-48-3)44-23-13-39(14-24-44)34-52-30-27-49-4/h5-24,31H,25-30,32-34H2,1-4H3/b45-31+. The lowest BCUT2D eigenvalue weighted by Gasteiger charge is -2.26. The Kier molecular flexibility index (Phi) is 15.6. The van der Waals surface area contributed by atoms with Gasteiger partial charge in [-0.3, -0.25) is 0 Å². The third-order valence-corrected chi connectivity index (χ3v) is 8.58. The summed E-state index contributed by atoms with van der Waals surface area (Å²) in [7, 11) is 5.05. The second-order valence-corrected chi connectivity index (χ2v) is 12.5. The van der Waals surface area contributed by atoms with Crippen LogP contribution in [0.1, 0.15) is 38.9 Å². The number of ether oxygens (including phenoxy) is 6. The molecule has 0 aliphatic carbocycles. The Morgan fingerprint density at radius 2 is 0.788 bits per heavy atom. The molecule has 0 saturated heterocycles. The molecule has 0 N–H and O–H groups in total. The van der Waals surface area contributed by atoms with Gasteiger partial charge >= 0.3 is 0 Å². The van der Waals surface area contributed by atoms with Crippen molar-refractivity contribution in [2.45, 2.75) is 26.7 Å². The van der Waals surface area contributed by atoms with Gasteiger partial charge in [0, 0.05) is 38.4 Å². The summed E-state index contributed by atoms with van der Waals surface area (Å²) >= 11 is 0. The van der Waals surface area contributed by atoms with Gasteiger partial charge in [-0.1, -0.05) is 90.5 Å². The van der Waals surface area contributed by atoms with Gasteiger partial charge < -0.3 is 33.3 Å². The third kappa shape index (κ3) is 11.7. The molecule has 5 aromatic carbocycles. The highest BCUT2D eigenvalue weighted by Gasteiger charge is 2.14. The zero-order chi connectivity index (χ0) is 36.4. The van der Waals surface area contributed by atoms with Crippen LogP contribution in [0.3, 0.4) is 0 Å². The first-order chi connectivity index (χ1) is 25.6. The zero-order valence-electron chi connectivity index (χ0n) is 30.9. The first kappa shape index (κ1) is 38.6. The number of nitrogens with zero attached hydrogens (tertiary/aromatic N) is 1. The van der Waals surface area contributed by atoms with Crippen molar-refractivity contribution in [2.75, 3.05) is 65.9 Å². The molecule has 7 heteroatoms. The number of aryl methyl sites for hydroxylation is 1. The molecule has 5 rings (SSSR count). The summed E-state index contributed by atoms with van der Waals surface area (Å²) in [5.74, 6) is 0. The summed E-state index contributed by atoms with van der Waals surface area (Å²) < 4.78 is 32.6. The molecular weight excluding hydrogens is 650 g/mol. The van der Waals surface area contributed by atoms with Crippen LogP contribution in [0.5, 0.6) is 0 Å². The maximum Gasteiger partial charge on any atom is 0.0718 e. The van der Waals surface area contributed by atoms with E-state index in [1.165, 1.54) is 5.56 Å². The van der Waals surface area contributed by atoms with Crippen LogP contribution in [0, 0.1) is 6.92 Å². The Hall–Kier alpha value is -4.60. The highest BCUT2D eigenvalue weighted by Crippen LogP contribution is 2.36. The number of benzene rings is 5. The van der Waals surface area contributed by atoms with E-state index in [0.29, 0.717) is 59.5 Å². The lowest BCUT2D eigenvalue weighted by Crippen LogP contribution is -2.10. The molecule has 0 unspecified atom stereocenters. The minimum Gasteiger partial charge on any atom is -0.382 e. The molecule has 0 aromatic heterocycles. The van der Waals surface area contributed by atoms with E-state index < -0.39 is 0 Å². The van der Waals surface area contributed by atoms with E-state index in [2.05, 4.69) is 139 Å². The average Bonchev–Trinajstić information content (AvgIpc) is 3.18. The maximum absolute atomic E-state index is 5.76. The quantitative estimate of drug-likeness (QED) is 0.0558. The fraction of sp³-hybridized carbons (Fsp3) is 0.289. The van der Waals surface area contributed by atoms with Crippen molar-refractivity contribution in [1.82, 2.24) is 0 Å². The maximum atomic E-state index is 5.76. The molecule has 0 saturated carbocycles. The van der Waals surface area contributed by atoms with Crippen LogP contribution in [-0.2, 0) is 48.2 Å². The molecule has 0 amide bonds. The molecule has 272 valence electrons. The molecule has 0 heterocycles. The van der Waals surface area contributed by atoms with Crippen molar-refractivity contribution in [3.63, 3.8) is 0 Å². The molecule has 0 atom stereocenters. The van der Waals surface area contributed by atoms with Gasteiger partial charge in [0.1, 0.15) is 0 Å². The van der Waals surface area contributed by atoms with Gasteiger partial charge in [-0.15, -0.1) is 0 Å². The summed E-state index contributed by atoms with van der Waals surface area (Å²) in [5, 5.41) is 0. The number of hydrogen-bond acceptors (Lipinski definition) is 7. The van der Waals surface area contributed by atoms with Crippen LogP contribution in [0.4, 0.5) is 17.1 Å². The molecule has 0 radical (unpaired) electrons. The fourth-order valence-electron chi connectivity index (χ4n) is 5.66. The number of hydrogen-bond donors (Lipinski definition) is 0. The Balaban J connectivity index is 1.42. The smallest absolute Gasteiger partial charge is 0.0718 e. The Labute approximate surface area is 309 Å². The topological polar surface area (TPSA) is 58.6 Å². The second-order valence-electron chi connectivity index (χ2n) is 12.5. The molecule has 0 fully saturated rings. The second kappa shape index (κ2) is 21.1. The predicted octanol–water partition coefficient (Wildman–Crippen LogP) is 9.54. The van der Waals surface area contributed by atoms with Gasteiger partial charge in [0.2, 0.25) is 0 Å². The van der Waals surface area contributed by atoms with Gasteiger partial charge in [-0.05, 0) is 88.4 Å². The molecular formula is C45H51NO6. The first-order valence-electron chi connectivity index (χ1n) is 17.7. The summed E-state index contributed by atoms with van der Waals surface area (Å²) in [6.45, 7) is 7.19. The summed E-state index contributed by atoms with van der Waals surface area (Å²) in [6.07, 6.45) is 2.26. The monoisotopic (exact) mass is 701 g/mol. The molecule has 0 aliphatic heterocycles. The van der Waals surface area contributed by atoms with Gasteiger partial charge in [0.25, 0.3) is 0 Å². The van der Waals surface area contributed by atoms with Crippen LogP contribution < -0.4 is 4.90 Å². The highest BCUT2D eigenvalue weighted by atomic mass is 16.5. The van der Waals surface area contributed by atoms with Crippen molar-refractivity contribution < 1.29 is 28.4 Å². The van der Waals surface area contributed by atoms with Gasteiger partial charge in [0.05, 0.1) is 59.5 Å². The molecule has 0 spiro atoms. The third-order valence-electron chi connectivity index (χ3n) is 8.58. The zero-order valence-corrected chi connectivity index (χ0v) is 30.9. The minimum absolute atomic E-state index is 0.538.